The summed E-state index contributed by atoms with van der Waals surface area (Å²) in [6.45, 7) is 7.64. The minimum atomic E-state index is -3.75. The highest BCUT2D eigenvalue weighted by atomic mass is 32.2. The maximum atomic E-state index is 13.9. The molecule has 5 rings (SSSR count). The molecule has 210 valence electrons. The number of aryl methyl sites for hydroxylation is 1. The molecule has 0 saturated heterocycles. The third-order valence-electron chi connectivity index (χ3n) is 7.35. The van der Waals surface area contributed by atoms with Crippen LogP contribution in [0.5, 0.6) is 0 Å². The smallest absolute Gasteiger partial charge is 0.264 e. The highest BCUT2D eigenvalue weighted by Crippen LogP contribution is 2.34. The number of sulfonamides is 1. The number of aromatic nitrogens is 1. The molecule has 1 aliphatic heterocycles. The first-order chi connectivity index (χ1) is 19.3. The number of carbonyl (C=O) groups is 1. The number of anilines is 2. The number of para-hydroxylation sites is 1. The highest BCUT2D eigenvalue weighted by molar-refractivity contribution is 7.98. The van der Waals surface area contributed by atoms with Gasteiger partial charge in [0.25, 0.3) is 15.9 Å². The minimum Gasteiger partial charge on any atom is -0.302 e. The second-order valence-corrected chi connectivity index (χ2v) is 13.4. The lowest BCUT2D eigenvalue weighted by molar-refractivity contribution is 0.0983. The largest absolute Gasteiger partial charge is 0.302 e. The van der Waals surface area contributed by atoms with Gasteiger partial charge in [0, 0.05) is 30.1 Å². The van der Waals surface area contributed by atoms with Crippen molar-refractivity contribution in [1.82, 2.24) is 9.88 Å². The fourth-order valence-corrected chi connectivity index (χ4v) is 8.09. The van der Waals surface area contributed by atoms with Gasteiger partial charge in [0.05, 0.1) is 20.8 Å². The normalized spacial score (nSPS) is 13.6. The van der Waals surface area contributed by atoms with E-state index in [9.17, 15) is 13.2 Å². The number of nitrogens with zero attached hydrogens (tertiary/aromatic N) is 4. The molecular weight excluding hydrogens is 561 g/mol. The number of amides is 1. The van der Waals surface area contributed by atoms with E-state index in [1.807, 2.05) is 42.7 Å². The van der Waals surface area contributed by atoms with Crippen molar-refractivity contribution in [3.8, 4) is 0 Å². The van der Waals surface area contributed by atoms with Crippen LogP contribution in [0.15, 0.2) is 76.5 Å². The van der Waals surface area contributed by atoms with Crippen LogP contribution in [0, 0.1) is 0 Å². The summed E-state index contributed by atoms with van der Waals surface area (Å²) in [4.78, 5) is 24.0. The van der Waals surface area contributed by atoms with E-state index in [-0.39, 0.29) is 10.8 Å². The summed E-state index contributed by atoms with van der Waals surface area (Å²) in [5.74, 6) is -0.191. The molecule has 0 radical (unpaired) electrons. The highest BCUT2D eigenvalue weighted by Gasteiger charge is 2.29. The summed E-state index contributed by atoms with van der Waals surface area (Å²) < 4.78 is 29.7. The van der Waals surface area contributed by atoms with Crippen molar-refractivity contribution in [2.24, 2.45) is 0 Å². The second kappa shape index (κ2) is 12.3. The zero-order chi connectivity index (χ0) is 28.3. The van der Waals surface area contributed by atoms with E-state index >= 15 is 0 Å². The number of carbonyl (C=O) groups excluding carboxylic acids is 1. The molecular formula is C30H34N4O3S3. The van der Waals surface area contributed by atoms with Gasteiger partial charge in [-0.2, -0.15) is 0 Å². The van der Waals surface area contributed by atoms with Crippen LogP contribution in [0.1, 0.15) is 36.2 Å². The van der Waals surface area contributed by atoms with Gasteiger partial charge in [-0.3, -0.25) is 14.0 Å². The Morgan fingerprint density at radius 2 is 1.77 bits per heavy atom. The molecule has 0 N–H and O–H groups in total. The number of thiazole rings is 1. The van der Waals surface area contributed by atoms with Crippen molar-refractivity contribution in [3.63, 3.8) is 0 Å². The van der Waals surface area contributed by atoms with Crippen LogP contribution in [0.3, 0.4) is 0 Å². The number of thioether (sulfide) groups is 1. The molecule has 0 aliphatic carbocycles. The molecule has 1 amide bonds. The van der Waals surface area contributed by atoms with Crippen LogP contribution >= 0.6 is 23.1 Å². The molecule has 4 aromatic rings. The number of hydrogen-bond acceptors (Lipinski definition) is 7. The molecule has 0 saturated carbocycles. The Balaban J connectivity index is 1.44. The van der Waals surface area contributed by atoms with E-state index in [0.29, 0.717) is 30.3 Å². The summed E-state index contributed by atoms with van der Waals surface area (Å²) in [7, 11) is -3.75. The van der Waals surface area contributed by atoms with Gasteiger partial charge in [0.15, 0.2) is 5.13 Å². The number of benzene rings is 3. The third-order valence-corrected chi connectivity index (χ3v) is 10.9. The van der Waals surface area contributed by atoms with E-state index < -0.39 is 10.0 Å². The number of hydrogen-bond donors (Lipinski definition) is 0. The third kappa shape index (κ3) is 5.76. The molecule has 10 heteroatoms. The summed E-state index contributed by atoms with van der Waals surface area (Å²) in [5.41, 5.74) is 3.06. The average Bonchev–Trinajstić information content (AvgIpc) is 3.41. The fourth-order valence-electron chi connectivity index (χ4n) is 5.00. The molecule has 3 aromatic carbocycles. The van der Waals surface area contributed by atoms with Gasteiger partial charge in [-0.1, -0.05) is 43.4 Å². The minimum absolute atomic E-state index is 0.181. The SMILES string of the molecule is CCN(CC)CCN(C(=O)c1ccc(S(=O)(=O)N2CCCc3ccccc32)cc1)c1nc2ccc(SC)cc2s1. The molecule has 0 bridgehead atoms. The predicted octanol–water partition coefficient (Wildman–Crippen LogP) is 6.15. The summed E-state index contributed by atoms with van der Waals surface area (Å²) in [6, 6.07) is 20.1. The van der Waals surface area contributed by atoms with Gasteiger partial charge in [-0.05, 0) is 86.3 Å². The van der Waals surface area contributed by atoms with Crippen LogP contribution in [-0.4, -0.2) is 63.2 Å². The van der Waals surface area contributed by atoms with Crippen molar-refractivity contribution in [2.45, 2.75) is 36.5 Å². The maximum Gasteiger partial charge on any atom is 0.264 e. The van der Waals surface area contributed by atoms with Crippen LogP contribution in [-0.2, 0) is 16.4 Å². The Hall–Kier alpha value is -2.92. The van der Waals surface area contributed by atoms with E-state index in [0.717, 1.165) is 52.3 Å². The summed E-state index contributed by atoms with van der Waals surface area (Å²) in [5, 5.41) is 0.645. The molecule has 40 heavy (non-hydrogen) atoms. The molecule has 0 fully saturated rings. The van der Waals surface area contributed by atoms with E-state index in [4.69, 9.17) is 4.98 Å². The molecule has 1 aliphatic rings. The Morgan fingerprint density at radius 1 is 1.02 bits per heavy atom. The first kappa shape index (κ1) is 28.6. The van der Waals surface area contributed by atoms with Crippen molar-refractivity contribution in [1.29, 1.82) is 0 Å². The van der Waals surface area contributed by atoms with Crippen LogP contribution < -0.4 is 9.21 Å². The standard InChI is InChI=1S/C30H34N4O3S3/c1-4-32(5-2)19-20-33(30-31-26-17-14-24(38-3)21-28(26)39-30)29(35)23-12-15-25(16-13-23)40(36,37)34-18-8-10-22-9-6-7-11-27(22)34/h6-7,9,11-17,21H,4-5,8,10,18-20H2,1-3H3. The summed E-state index contributed by atoms with van der Waals surface area (Å²) >= 11 is 3.18. The molecule has 2 heterocycles. The molecule has 7 nitrogen and oxygen atoms in total. The molecule has 0 unspecified atom stereocenters. The van der Waals surface area contributed by atoms with Crippen LogP contribution in [0.25, 0.3) is 10.2 Å². The Kier molecular flexibility index (Phi) is 8.80. The van der Waals surface area contributed by atoms with Crippen molar-refractivity contribution in [3.05, 3.63) is 77.9 Å². The molecule has 1 aromatic heterocycles. The molecule has 0 spiro atoms. The number of fused-ring (bicyclic) bond motifs is 2. The second-order valence-electron chi connectivity index (χ2n) is 9.65. The first-order valence-electron chi connectivity index (χ1n) is 13.5. The Morgan fingerprint density at radius 3 is 2.50 bits per heavy atom. The van der Waals surface area contributed by atoms with Gasteiger partial charge in [-0.25, -0.2) is 13.4 Å². The van der Waals surface area contributed by atoms with Crippen molar-refractivity contribution < 1.29 is 13.2 Å². The van der Waals surface area contributed by atoms with Gasteiger partial charge in [0.1, 0.15) is 0 Å². The van der Waals surface area contributed by atoms with Gasteiger partial charge >= 0.3 is 0 Å². The zero-order valence-electron chi connectivity index (χ0n) is 23.0. The Labute approximate surface area is 244 Å². The monoisotopic (exact) mass is 594 g/mol. The quantitative estimate of drug-likeness (QED) is 0.205. The van der Waals surface area contributed by atoms with Gasteiger partial charge in [0.2, 0.25) is 0 Å². The summed E-state index contributed by atoms with van der Waals surface area (Å²) in [6.07, 6.45) is 3.68. The van der Waals surface area contributed by atoms with Crippen LogP contribution in [0.2, 0.25) is 0 Å². The predicted molar refractivity (Wildman–Crippen MR) is 167 cm³/mol. The average molecular weight is 595 g/mol. The van der Waals surface area contributed by atoms with Gasteiger partial charge < -0.3 is 4.90 Å². The maximum absolute atomic E-state index is 13.9. The van der Waals surface area contributed by atoms with Crippen molar-refractivity contribution >= 4 is 60.1 Å². The number of rotatable bonds is 10. The first-order valence-corrected chi connectivity index (χ1v) is 17.0. The van der Waals surface area contributed by atoms with Crippen molar-refractivity contribution in [2.75, 3.05) is 48.2 Å². The lowest BCUT2D eigenvalue weighted by Crippen LogP contribution is -2.39. The lowest BCUT2D eigenvalue weighted by Gasteiger charge is -2.30. The van der Waals surface area contributed by atoms with E-state index in [1.54, 1.807) is 40.9 Å². The van der Waals surface area contributed by atoms with Crippen LogP contribution in [0.4, 0.5) is 10.8 Å². The lowest BCUT2D eigenvalue weighted by atomic mass is 10.0. The Bertz CT molecular complexity index is 1600. The zero-order valence-corrected chi connectivity index (χ0v) is 25.5. The van der Waals surface area contributed by atoms with E-state index in [1.165, 1.54) is 15.6 Å². The molecule has 0 atom stereocenters. The van der Waals surface area contributed by atoms with E-state index in [2.05, 4.69) is 24.8 Å². The number of likely N-dealkylation sites (N-methyl/N-ethyl adjacent to an activating group) is 1. The topological polar surface area (TPSA) is 73.8 Å². The van der Waals surface area contributed by atoms with Gasteiger partial charge in [-0.15, -0.1) is 11.8 Å². The fraction of sp³-hybridized carbons (Fsp3) is 0.333.